The molecule has 0 unspecified atom stereocenters. The van der Waals surface area contributed by atoms with Crippen molar-refractivity contribution in [2.45, 2.75) is 47.0 Å². The van der Waals surface area contributed by atoms with Crippen LogP contribution in [0.25, 0.3) is 0 Å². The number of rotatable bonds is 5. The van der Waals surface area contributed by atoms with Crippen molar-refractivity contribution in [1.82, 2.24) is 5.32 Å². The average molecular weight is 227 g/mol. The van der Waals surface area contributed by atoms with Crippen LogP contribution < -0.4 is 5.32 Å². The van der Waals surface area contributed by atoms with Gasteiger partial charge in [-0.1, -0.05) is 27.7 Å². The maximum Gasteiger partial charge on any atom is 0.0587 e. The molecule has 1 saturated carbocycles. The van der Waals surface area contributed by atoms with Gasteiger partial charge in [0.2, 0.25) is 0 Å². The van der Waals surface area contributed by atoms with Crippen LogP contribution in [-0.4, -0.2) is 26.8 Å². The minimum atomic E-state index is 0.509. The highest BCUT2D eigenvalue weighted by Gasteiger charge is 2.37. The van der Waals surface area contributed by atoms with Gasteiger partial charge in [-0.2, -0.15) is 0 Å². The Labute approximate surface area is 101 Å². The van der Waals surface area contributed by atoms with E-state index in [1.54, 1.807) is 7.11 Å². The topological polar surface area (TPSA) is 21.3 Å². The molecule has 1 aliphatic carbocycles. The summed E-state index contributed by atoms with van der Waals surface area (Å²) in [5.41, 5.74) is 1.02. The van der Waals surface area contributed by atoms with E-state index in [2.05, 4.69) is 33.0 Å². The average Bonchev–Trinajstić information content (AvgIpc) is 2.07. The zero-order valence-corrected chi connectivity index (χ0v) is 11.7. The molecule has 0 spiro atoms. The molecule has 1 aliphatic rings. The van der Waals surface area contributed by atoms with Gasteiger partial charge in [-0.05, 0) is 42.6 Å². The summed E-state index contributed by atoms with van der Waals surface area (Å²) < 4.78 is 5.05. The van der Waals surface area contributed by atoms with E-state index in [9.17, 15) is 0 Å². The van der Waals surface area contributed by atoms with Crippen LogP contribution in [-0.2, 0) is 4.74 Å². The predicted octanol–water partition coefficient (Wildman–Crippen LogP) is 3.07. The molecular formula is C14H29NO. The number of ether oxygens (including phenoxy) is 1. The van der Waals surface area contributed by atoms with E-state index in [1.165, 1.54) is 19.3 Å². The highest BCUT2D eigenvalue weighted by molar-refractivity contribution is 4.89. The maximum absolute atomic E-state index is 5.05. The number of hydrogen-bond donors (Lipinski definition) is 1. The SMILES string of the molecule is COCCNCC1CC(C)(C)CC(C)(C)C1. The third-order valence-corrected chi connectivity index (χ3v) is 3.56. The Balaban J connectivity index is 2.36. The monoisotopic (exact) mass is 227 g/mol. The van der Waals surface area contributed by atoms with E-state index >= 15 is 0 Å². The summed E-state index contributed by atoms with van der Waals surface area (Å²) in [5, 5.41) is 3.51. The summed E-state index contributed by atoms with van der Waals surface area (Å²) in [6, 6.07) is 0. The zero-order chi connectivity index (χ0) is 12.2. The Hall–Kier alpha value is -0.0800. The van der Waals surface area contributed by atoms with E-state index in [4.69, 9.17) is 4.74 Å². The lowest BCUT2D eigenvalue weighted by atomic mass is 9.61. The minimum absolute atomic E-state index is 0.509. The Morgan fingerprint density at radius 3 is 2.19 bits per heavy atom. The van der Waals surface area contributed by atoms with Gasteiger partial charge in [0.15, 0.2) is 0 Å². The second kappa shape index (κ2) is 5.50. The lowest BCUT2D eigenvalue weighted by molar-refractivity contribution is 0.0665. The third kappa shape index (κ3) is 4.84. The van der Waals surface area contributed by atoms with Crippen molar-refractivity contribution in [3.63, 3.8) is 0 Å². The summed E-state index contributed by atoms with van der Waals surface area (Å²) in [5.74, 6) is 0.829. The fourth-order valence-corrected chi connectivity index (χ4v) is 3.70. The van der Waals surface area contributed by atoms with Crippen molar-refractivity contribution in [3.05, 3.63) is 0 Å². The first-order chi connectivity index (χ1) is 7.35. The summed E-state index contributed by atoms with van der Waals surface area (Å²) >= 11 is 0. The van der Waals surface area contributed by atoms with E-state index < -0.39 is 0 Å². The third-order valence-electron chi connectivity index (χ3n) is 3.56. The fraction of sp³-hybridized carbons (Fsp3) is 1.00. The van der Waals surface area contributed by atoms with Gasteiger partial charge in [0.1, 0.15) is 0 Å². The molecule has 96 valence electrons. The van der Waals surface area contributed by atoms with E-state index in [1.807, 2.05) is 0 Å². The summed E-state index contributed by atoms with van der Waals surface area (Å²) in [4.78, 5) is 0. The molecule has 0 bridgehead atoms. The van der Waals surface area contributed by atoms with Crippen molar-refractivity contribution >= 4 is 0 Å². The number of methoxy groups -OCH3 is 1. The molecule has 0 aromatic rings. The molecule has 0 heterocycles. The predicted molar refractivity (Wildman–Crippen MR) is 69.6 cm³/mol. The van der Waals surface area contributed by atoms with Crippen LogP contribution in [0.4, 0.5) is 0 Å². The Morgan fingerprint density at radius 2 is 1.69 bits per heavy atom. The highest BCUT2D eigenvalue weighted by Crippen LogP contribution is 2.47. The number of hydrogen-bond acceptors (Lipinski definition) is 2. The first-order valence-corrected chi connectivity index (χ1v) is 6.54. The molecule has 2 heteroatoms. The molecule has 0 amide bonds. The second-order valence-corrected chi connectivity index (χ2v) is 6.98. The van der Waals surface area contributed by atoms with E-state index in [0.717, 1.165) is 25.6 Å². The summed E-state index contributed by atoms with van der Waals surface area (Å²) in [7, 11) is 1.76. The second-order valence-electron chi connectivity index (χ2n) is 6.98. The first kappa shape index (κ1) is 14.0. The fourth-order valence-electron chi connectivity index (χ4n) is 3.70. The molecule has 16 heavy (non-hydrogen) atoms. The van der Waals surface area contributed by atoms with Gasteiger partial charge in [0, 0.05) is 13.7 Å². The van der Waals surface area contributed by atoms with Crippen LogP contribution in [0.3, 0.4) is 0 Å². The quantitative estimate of drug-likeness (QED) is 0.729. The van der Waals surface area contributed by atoms with Gasteiger partial charge in [0.05, 0.1) is 6.61 Å². The van der Waals surface area contributed by atoms with Crippen molar-refractivity contribution in [1.29, 1.82) is 0 Å². The molecule has 1 fully saturated rings. The normalized spacial score (nSPS) is 24.6. The molecule has 0 aromatic carbocycles. The highest BCUT2D eigenvalue weighted by atomic mass is 16.5. The standard InChI is InChI=1S/C14H29NO/c1-13(2)8-12(9-14(3,4)11-13)10-15-6-7-16-5/h12,15H,6-11H2,1-5H3. The molecule has 0 saturated heterocycles. The molecule has 1 N–H and O–H groups in total. The largest absolute Gasteiger partial charge is 0.383 e. The number of nitrogens with one attached hydrogen (secondary N) is 1. The molecule has 1 rings (SSSR count). The van der Waals surface area contributed by atoms with Crippen molar-refractivity contribution in [2.75, 3.05) is 26.8 Å². The van der Waals surface area contributed by atoms with Crippen LogP contribution in [0.1, 0.15) is 47.0 Å². The molecule has 0 aliphatic heterocycles. The lowest BCUT2D eigenvalue weighted by Crippen LogP contribution is -2.38. The molecule has 0 atom stereocenters. The molecule has 0 radical (unpaired) electrons. The smallest absolute Gasteiger partial charge is 0.0587 e. The van der Waals surface area contributed by atoms with Crippen molar-refractivity contribution in [3.8, 4) is 0 Å². The van der Waals surface area contributed by atoms with Gasteiger partial charge < -0.3 is 10.1 Å². The van der Waals surface area contributed by atoms with Crippen molar-refractivity contribution < 1.29 is 4.74 Å². The Morgan fingerprint density at radius 1 is 1.12 bits per heavy atom. The summed E-state index contributed by atoms with van der Waals surface area (Å²) in [6.45, 7) is 12.6. The van der Waals surface area contributed by atoms with Gasteiger partial charge >= 0.3 is 0 Å². The van der Waals surface area contributed by atoms with Gasteiger partial charge in [0.25, 0.3) is 0 Å². The van der Waals surface area contributed by atoms with Gasteiger partial charge in [-0.25, -0.2) is 0 Å². The Kier molecular flexibility index (Phi) is 4.81. The lowest BCUT2D eigenvalue weighted by Gasteiger charge is -2.45. The summed E-state index contributed by atoms with van der Waals surface area (Å²) in [6.07, 6.45) is 4.07. The van der Waals surface area contributed by atoms with Crippen LogP contribution in [0, 0.1) is 16.7 Å². The first-order valence-electron chi connectivity index (χ1n) is 6.54. The Bertz CT molecular complexity index is 195. The molecule has 2 nitrogen and oxygen atoms in total. The van der Waals surface area contributed by atoms with Crippen LogP contribution >= 0.6 is 0 Å². The van der Waals surface area contributed by atoms with Gasteiger partial charge in [-0.3, -0.25) is 0 Å². The van der Waals surface area contributed by atoms with Crippen LogP contribution in [0.15, 0.2) is 0 Å². The maximum atomic E-state index is 5.05. The molecule has 0 aromatic heterocycles. The zero-order valence-electron chi connectivity index (χ0n) is 11.7. The van der Waals surface area contributed by atoms with E-state index in [0.29, 0.717) is 10.8 Å². The van der Waals surface area contributed by atoms with E-state index in [-0.39, 0.29) is 0 Å². The molecular weight excluding hydrogens is 198 g/mol. The minimum Gasteiger partial charge on any atom is -0.383 e. The van der Waals surface area contributed by atoms with Gasteiger partial charge in [-0.15, -0.1) is 0 Å². The van der Waals surface area contributed by atoms with Crippen LogP contribution in [0.2, 0.25) is 0 Å². The van der Waals surface area contributed by atoms with Crippen molar-refractivity contribution in [2.24, 2.45) is 16.7 Å². The van der Waals surface area contributed by atoms with Crippen LogP contribution in [0.5, 0.6) is 0 Å².